The van der Waals surface area contributed by atoms with Gasteiger partial charge >= 0.3 is 5.97 Å². The minimum Gasteiger partial charge on any atom is -0.493 e. The number of amides is 1. The number of rotatable bonds is 6. The van der Waals surface area contributed by atoms with Crippen molar-refractivity contribution in [3.63, 3.8) is 0 Å². The topological polar surface area (TPSA) is 104 Å². The van der Waals surface area contributed by atoms with Gasteiger partial charge in [0.15, 0.2) is 5.69 Å². The number of carboxylic acid groups (broad SMARTS) is 1. The van der Waals surface area contributed by atoms with Crippen LogP contribution in [0.15, 0.2) is 54.6 Å². The molecule has 0 saturated carbocycles. The molecule has 0 aliphatic heterocycles. The van der Waals surface area contributed by atoms with Gasteiger partial charge in [-0.05, 0) is 24.3 Å². The molecular weight excluding hydrogens is 389 g/mol. The Bertz CT molecular complexity index is 1040. The normalized spacial score (nSPS) is 11.8. The van der Waals surface area contributed by atoms with Gasteiger partial charge in [-0.3, -0.25) is 9.59 Å². The van der Waals surface area contributed by atoms with E-state index in [2.05, 4.69) is 10.4 Å². The average Bonchev–Trinajstić information content (AvgIpc) is 3.03. The van der Waals surface area contributed by atoms with E-state index in [1.807, 2.05) is 0 Å². The molecule has 144 valence electrons. The molecule has 1 atom stereocenters. The zero-order chi connectivity index (χ0) is 20.3. The van der Waals surface area contributed by atoms with E-state index in [1.165, 1.54) is 18.2 Å². The summed E-state index contributed by atoms with van der Waals surface area (Å²) in [6.07, 6.45) is -0.520. The van der Waals surface area contributed by atoms with Gasteiger partial charge in [0.25, 0.3) is 5.91 Å². The van der Waals surface area contributed by atoms with Crippen LogP contribution >= 0.6 is 11.6 Å². The van der Waals surface area contributed by atoms with Crippen LogP contribution in [0.4, 0.5) is 4.39 Å². The molecule has 1 unspecified atom stereocenters. The highest BCUT2D eigenvalue weighted by molar-refractivity contribution is 6.30. The highest BCUT2D eigenvalue weighted by atomic mass is 35.5. The molecule has 0 bridgehead atoms. The molecule has 0 saturated heterocycles. The van der Waals surface area contributed by atoms with Crippen LogP contribution in [-0.2, 0) is 4.79 Å². The largest absolute Gasteiger partial charge is 0.493 e. The van der Waals surface area contributed by atoms with Crippen molar-refractivity contribution in [1.29, 1.82) is 0 Å². The monoisotopic (exact) mass is 403 g/mol. The van der Waals surface area contributed by atoms with E-state index in [0.717, 1.165) is 10.7 Å². The highest BCUT2D eigenvalue weighted by Crippen LogP contribution is 2.23. The van der Waals surface area contributed by atoms with Gasteiger partial charge in [0, 0.05) is 16.7 Å². The van der Waals surface area contributed by atoms with E-state index in [9.17, 15) is 19.1 Å². The zero-order valence-electron chi connectivity index (χ0n) is 14.3. The van der Waals surface area contributed by atoms with Crippen molar-refractivity contribution in [2.75, 3.05) is 0 Å². The smallest absolute Gasteiger partial charge is 0.305 e. The van der Waals surface area contributed by atoms with Crippen molar-refractivity contribution in [2.45, 2.75) is 12.5 Å². The van der Waals surface area contributed by atoms with E-state index >= 15 is 0 Å². The van der Waals surface area contributed by atoms with Crippen molar-refractivity contribution >= 4 is 23.5 Å². The summed E-state index contributed by atoms with van der Waals surface area (Å²) >= 11 is 5.92. The predicted octanol–water partition coefficient (Wildman–Crippen LogP) is 3.32. The van der Waals surface area contributed by atoms with Crippen molar-refractivity contribution in [3.8, 4) is 11.6 Å². The van der Waals surface area contributed by atoms with Crippen LogP contribution in [0.25, 0.3) is 5.69 Å². The number of aromatic nitrogens is 2. The fourth-order valence-electron chi connectivity index (χ4n) is 2.68. The molecule has 1 heterocycles. The second-order valence-electron chi connectivity index (χ2n) is 5.92. The van der Waals surface area contributed by atoms with Crippen molar-refractivity contribution in [1.82, 2.24) is 15.1 Å². The molecule has 2 aromatic carbocycles. The van der Waals surface area contributed by atoms with E-state index < -0.39 is 30.2 Å². The van der Waals surface area contributed by atoms with Crippen LogP contribution in [-0.4, -0.2) is 31.9 Å². The van der Waals surface area contributed by atoms with E-state index in [-0.39, 0.29) is 17.1 Å². The van der Waals surface area contributed by atoms with Crippen LogP contribution in [0.2, 0.25) is 5.02 Å². The van der Waals surface area contributed by atoms with Crippen LogP contribution in [0.1, 0.15) is 28.5 Å². The number of benzene rings is 2. The Morgan fingerprint density at radius 1 is 1.18 bits per heavy atom. The Kier molecular flexibility index (Phi) is 5.60. The third-order valence-corrected chi connectivity index (χ3v) is 4.18. The van der Waals surface area contributed by atoms with Gasteiger partial charge in [0.2, 0.25) is 5.88 Å². The van der Waals surface area contributed by atoms with Gasteiger partial charge < -0.3 is 15.5 Å². The predicted molar refractivity (Wildman–Crippen MR) is 99.1 cm³/mol. The summed E-state index contributed by atoms with van der Waals surface area (Å²) in [5.74, 6) is -2.92. The third kappa shape index (κ3) is 4.29. The number of hydrogen-bond donors (Lipinski definition) is 3. The molecule has 0 aliphatic rings. The first-order valence-electron chi connectivity index (χ1n) is 8.17. The number of halogens is 2. The van der Waals surface area contributed by atoms with Crippen molar-refractivity contribution in [2.24, 2.45) is 0 Å². The Balaban J connectivity index is 1.87. The number of aromatic hydroxyl groups is 1. The highest BCUT2D eigenvalue weighted by Gasteiger charge is 2.23. The maximum atomic E-state index is 14.1. The lowest BCUT2D eigenvalue weighted by molar-refractivity contribution is -0.137. The summed E-state index contributed by atoms with van der Waals surface area (Å²) in [6.45, 7) is 0. The molecule has 3 aromatic rings. The lowest BCUT2D eigenvalue weighted by Crippen LogP contribution is -2.31. The summed E-state index contributed by atoms with van der Waals surface area (Å²) in [6, 6.07) is 12.1. The lowest BCUT2D eigenvalue weighted by atomic mass is 10.0. The first kappa shape index (κ1) is 19.4. The number of nitrogens with zero attached hydrogens (tertiary/aromatic N) is 2. The molecule has 3 N–H and O–H groups in total. The van der Waals surface area contributed by atoms with Crippen LogP contribution < -0.4 is 5.32 Å². The minimum absolute atomic E-state index is 0.0387. The van der Waals surface area contributed by atoms with E-state index in [4.69, 9.17) is 16.7 Å². The molecule has 1 aromatic heterocycles. The summed E-state index contributed by atoms with van der Waals surface area (Å²) < 4.78 is 15.2. The summed E-state index contributed by atoms with van der Waals surface area (Å²) in [5.41, 5.74) is 0.307. The summed E-state index contributed by atoms with van der Waals surface area (Å²) in [5, 5.41) is 26.1. The molecule has 28 heavy (non-hydrogen) atoms. The van der Waals surface area contributed by atoms with Crippen LogP contribution in [0.5, 0.6) is 5.88 Å². The van der Waals surface area contributed by atoms with E-state index in [1.54, 1.807) is 30.3 Å². The zero-order valence-corrected chi connectivity index (χ0v) is 15.1. The molecule has 3 rings (SSSR count). The fraction of sp³-hybridized carbons (Fsp3) is 0.105. The summed E-state index contributed by atoms with van der Waals surface area (Å²) in [7, 11) is 0. The van der Waals surface area contributed by atoms with Crippen molar-refractivity contribution < 1.29 is 24.2 Å². The number of carbonyl (C=O) groups is 2. The molecule has 0 aliphatic carbocycles. The quantitative estimate of drug-likeness (QED) is 0.585. The minimum atomic E-state index is -1.21. The number of aliphatic carboxylic acids is 1. The summed E-state index contributed by atoms with van der Waals surface area (Å²) in [4.78, 5) is 23.7. The van der Waals surface area contributed by atoms with Gasteiger partial charge in [0.1, 0.15) is 5.82 Å². The Hall–Kier alpha value is -3.39. The maximum absolute atomic E-state index is 14.1. The molecule has 0 spiro atoms. The Labute approximate surface area is 164 Å². The molecule has 1 amide bonds. The van der Waals surface area contributed by atoms with Gasteiger partial charge in [-0.25, -0.2) is 9.07 Å². The van der Waals surface area contributed by atoms with Crippen molar-refractivity contribution in [3.05, 3.63) is 76.7 Å². The first-order chi connectivity index (χ1) is 13.3. The van der Waals surface area contributed by atoms with Gasteiger partial charge in [0.05, 0.1) is 18.2 Å². The fourth-order valence-corrected chi connectivity index (χ4v) is 2.87. The van der Waals surface area contributed by atoms with Gasteiger partial charge in [-0.15, -0.1) is 0 Å². The molecule has 0 fully saturated rings. The molecular formula is C19H15ClFN3O4. The standard InChI is InChI=1S/C19H15ClFN3O4/c20-11-4-3-5-12(8-11)24-17(25)9-16(23-24)19(28)22-15(10-18(26)27)13-6-1-2-7-14(13)21/h1-9,15,25H,10H2,(H,22,28)(H,26,27). The Morgan fingerprint density at radius 2 is 1.93 bits per heavy atom. The number of carboxylic acids is 1. The lowest BCUT2D eigenvalue weighted by Gasteiger charge is -2.17. The van der Waals surface area contributed by atoms with Crippen LogP contribution in [0, 0.1) is 5.82 Å². The number of hydrogen-bond acceptors (Lipinski definition) is 4. The Morgan fingerprint density at radius 3 is 2.61 bits per heavy atom. The third-order valence-electron chi connectivity index (χ3n) is 3.94. The van der Waals surface area contributed by atoms with Crippen LogP contribution in [0.3, 0.4) is 0 Å². The second-order valence-corrected chi connectivity index (χ2v) is 6.36. The average molecular weight is 404 g/mol. The maximum Gasteiger partial charge on any atom is 0.305 e. The van der Waals surface area contributed by atoms with Gasteiger partial charge in [-0.1, -0.05) is 35.9 Å². The van der Waals surface area contributed by atoms with Gasteiger partial charge in [-0.2, -0.15) is 5.10 Å². The molecule has 9 heteroatoms. The van der Waals surface area contributed by atoms with E-state index in [0.29, 0.717) is 10.7 Å². The number of nitrogens with one attached hydrogen (secondary N) is 1. The molecule has 7 nitrogen and oxygen atoms in total. The molecule has 0 radical (unpaired) electrons. The first-order valence-corrected chi connectivity index (χ1v) is 8.55. The number of carbonyl (C=O) groups excluding carboxylic acids is 1. The second kappa shape index (κ2) is 8.10. The SMILES string of the molecule is O=C(O)CC(NC(=O)c1cc(O)n(-c2cccc(Cl)c2)n1)c1ccccc1F.